The maximum atomic E-state index is 12.7. The van der Waals surface area contributed by atoms with Gasteiger partial charge in [0.25, 0.3) is 0 Å². The summed E-state index contributed by atoms with van der Waals surface area (Å²) < 4.78 is 26.0. The molecule has 0 saturated carbocycles. The fourth-order valence-electron chi connectivity index (χ4n) is 4.86. The van der Waals surface area contributed by atoms with E-state index >= 15 is 0 Å². The van der Waals surface area contributed by atoms with E-state index in [0.29, 0.717) is 0 Å². The van der Waals surface area contributed by atoms with Gasteiger partial charge in [-0.05, 0) is 67.4 Å². The molecule has 170 valence electrons. The highest BCUT2D eigenvalue weighted by atomic mass is 32.2. The number of nitrogens with zero attached hydrogens (tertiary/aromatic N) is 2. The molecule has 0 radical (unpaired) electrons. The van der Waals surface area contributed by atoms with Gasteiger partial charge in [0.1, 0.15) is 6.04 Å². The SMILES string of the molecule is O=C(CC(N=S(=O)=O)c1ccccc1)NC1CCc2cc(CN3CCCCC3)ccc2C1. The van der Waals surface area contributed by atoms with Crippen molar-refractivity contribution in [1.29, 1.82) is 0 Å². The molecule has 32 heavy (non-hydrogen) atoms. The molecule has 4 rings (SSSR count). The normalized spacial score (nSPS) is 19.6. The van der Waals surface area contributed by atoms with E-state index in [-0.39, 0.29) is 18.4 Å². The fourth-order valence-corrected chi connectivity index (χ4v) is 5.27. The molecule has 2 atom stereocenters. The monoisotopic (exact) mass is 453 g/mol. The summed E-state index contributed by atoms with van der Waals surface area (Å²) in [5.41, 5.74) is 4.80. The van der Waals surface area contributed by atoms with Gasteiger partial charge >= 0.3 is 10.5 Å². The molecular formula is C25H31N3O3S. The summed E-state index contributed by atoms with van der Waals surface area (Å²) in [6.45, 7) is 3.42. The molecule has 1 aliphatic heterocycles. The molecule has 0 spiro atoms. The first-order valence-electron chi connectivity index (χ1n) is 11.5. The number of aryl methyl sites for hydroxylation is 1. The average molecular weight is 454 g/mol. The molecule has 1 heterocycles. The fraction of sp³-hybridized carbons (Fsp3) is 0.480. The first-order chi connectivity index (χ1) is 15.6. The van der Waals surface area contributed by atoms with Crippen LogP contribution in [-0.4, -0.2) is 38.4 Å². The van der Waals surface area contributed by atoms with Crippen molar-refractivity contribution in [2.75, 3.05) is 13.1 Å². The van der Waals surface area contributed by atoms with Crippen LogP contribution in [0.5, 0.6) is 0 Å². The van der Waals surface area contributed by atoms with Crippen molar-refractivity contribution in [3.8, 4) is 0 Å². The van der Waals surface area contributed by atoms with E-state index in [1.807, 2.05) is 18.2 Å². The first-order valence-corrected chi connectivity index (χ1v) is 12.6. The van der Waals surface area contributed by atoms with Crippen molar-refractivity contribution in [2.45, 2.75) is 63.6 Å². The van der Waals surface area contributed by atoms with Crippen molar-refractivity contribution in [3.05, 3.63) is 70.8 Å². The Bertz CT molecular complexity index is 1060. The van der Waals surface area contributed by atoms with Crippen molar-refractivity contribution >= 4 is 16.4 Å². The molecule has 2 aromatic carbocycles. The van der Waals surface area contributed by atoms with Crippen LogP contribution in [0, 0.1) is 0 Å². The Morgan fingerprint density at radius 1 is 1.06 bits per heavy atom. The second-order valence-corrected chi connectivity index (χ2v) is 9.55. The number of piperidine rings is 1. The summed E-state index contributed by atoms with van der Waals surface area (Å²) in [5, 5.41) is 3.11. The number of nitrogens with one attached hydrogen (secondary N) is 1. The summed E-state index contributed by atoms with van der Waals surface area (Å²) in [5.74, 6) is -0.164. The lowest BCUT2D eigenvalue weighted by molar-refractivity contribution is -0.122. The Balaban J connectivity index is 1.35. The predicted molar refractivity (Wildman–Crippen MR) is 125 cm³/mol. The molecule has 2 unspecified atom stereocenters. The van der Waals surface area contributed by atoms with Crippen LogP contribution in [-0.2, 0) is 34.7 Å². The van der Waals surface area contributed by atoms with Crippen LogP contribution in [0.4, 0.5) is 0 Å². The summed E-state index contributed by atoms with van der Waals surface area (Å²) >= 11 is 0. The highest BCUT2D eigenvalue weighted by Gasteiger charge is 2.23. The van der Waals surface area contributed by atoms with Crippen molar-refractivity contribution < 1.29 is 13.2 Å². The highest BCUT2D eigenvalue weighted by molar-refractivity contribution is 7.61. The third-order valence-electron chi connectivity index (χ3n) is 6.50. The zero-order valence-corrected chi connectivity index (χ0v) is 19.2. The summed E-state index contributed by atoms with van der Waals surface area (Å²) in [6.07, 6.45) is 6.63. The summed E-state index contributed by atoms with van der Waals surface area (Å²) in [7, 11) is -2.56. The average Bonchev–Trinajstić information content (AvgIpc) is 2.80. The minimum Gasteiger partial charge on any atom is -0.353 e. The zero-order chi connectivity index (χ0) is 22.3. The van der Waals surface area contributed by atoms with E-state index in [1.54, 1.807) is 12.1 Å². The van der Waals surface area contributed by atoms with Gasteiger partial charge in [0.2, 0.25) is 5.91 Å². The molecular weight excluding hydrogens is 422 g/mol. The first kappa shape index (κ1) is 22.7. The molecule has 6 nitrogen and oxygen atoms in total. The smallest absolute Gasteiger partial charge is 0.311 e. The van der Waals surface area contributed by atoms with E-state index < -0.39 is 16.5 Å². The lowest BCUT2D eigenvalue weighted by Crippen LogP contribution is -2.39. The molecule has 1 aliphatic carbocycles. The highest BCUT2D eigenvalue weighted by Crippen LogP contribution is 2.25. The second-order valence-electron chi connectivity index (χ2n) is 8.90. The summed E-state index contributed by atoms with van der Waals surface area (Å²) in [6, 6.07) is 15.3. The molecule has 2 aromatic rings. The maximum Gasteiger partial charge on any atom is 0.311 e. The van der Waals surface area contributed by atoms with Gasteiger partial charge in [0, 0.05) is 12.6 Å². The van der Waals surface area contributed by atoms with Crippen LogP contribution in [0.2, 0.25) is 0 Å². The third kappa shape index (κ3) is 6.26. The Morgan fingerprint density at radius 3 is 2.59 bits per heavy atom. The van der Waals surface area contributed by atoms with Gasteiger partial charge in [-0.2, -0.15) is 12.8 Å². The van der Waals surface area contributed by atoms with E-state index in [2.05, 4.69) is 32.8 Å². The van der Waals surface area contributed by atoms with Gasteiger partial charge in [0.15, 0.2) is 0 Å². The number of likely N-dealkylation sites (tertiary alicyclic amines) is 1. The minimum absolute atomic E-state index is 0.0239. The Kier molecular flexibility index (Phi) is 7.71. The van der Waals surface area contributed by atoms with Gasteiger partial charge in [0.05, 0.1) is 6.42 Å². The van der Waals surface area contributed by atoms with Gasteiger partial charge in [-0.3, -0.25) is 9.69 Å². The molecule has 7 heteroatoms. The third-order valence-corrected chi connectivity index (χ3v) is 6.92. The van der Waals surface area contributed by atoms with E-state index in [0.717, 1.165) is 31.4 Å². The van der Waals surface area contributed by atoms with Crippen LogP contribution in [0.15, 0.2) is 52.9 Å². The van der Waals surface area contributed by atoms with E-state index in [1.165, 1.54) is 49.0 Å². The Morgan fingerprint density at radius 2 is 1.84 bits per heavy atom. The topological polar surface area (TPSA) is 78.8 Å². The lowest BCUT2D eigenvalue weighted by atomic mass is 9.87. The number of hydrogen-bond donors (Lipinski definition) is 1. The predicted octanol–water partition coefficient (Wildman–Crippen LogP) is 3.84. The maximum absolute atomic E-state index is 12.7. The quantitative estimate of drug-likeness (QED) is 0.691. The molecule has 0 aromatic heterocycles. The number of benzene rings is 2. The molecule has 1 fully saturated rings. The van der Waals surface area contributed by atoms with Crippen LogP contribution in [0.1, 0.15) is 60.4 Å². The van der Waals surface area contributed by atoms with Crippen LogP contribution < -0.4 is 5.32 Å². The van der Waals surface area contributed by atoms with Crippen LogP contribution in [0.3, 0.4) is 0 Å². The number of hydrogen-bond acceptors (Lipinski definition) is 5. The van der Waals surface area contributed by atoms with Gasteiger partial charge < -0.3 is 5.32 Å². The van der Waals surface area contributed by atoms with Gasteiger partial charge in [-0.1, -0.05) is 55.0 Å². The second kappa shape index (κ2) is 10.9. The standard InChI is InChI=1S/C25H31N3O3S/c29-25(17-24(27-32(30)31)20-7-3-1-4-8-20)26-23-12-11-21-15-19(9-10-22(21)16-23)18-28-13-5-2-6-14-28/h1,3-4,7-10,15,23-24H,2,5-6,11-14,16-18H2,(H,26,29). The van der Waals surface area contributed by atoms with Gasteiger partial charge in [-0.15, -0.1) is 0 Å². The largest absolute Gasteiger partial charge is 0.353 e. The zero-order valence-electron chi connectivity index (χ0n) is 18.4. The van der Waals surface area contributed by atoms with E-state index in [9.17, 15) is 13.2 Å². The van der Waals surface area contributed by atoms with Crippen molar-refractivity contribution in [1.82, 2.24) is 10.2 Å². The van der Waals surface area contributed by atoms with Gasteiger partial charge in [-0.25, -0.2) is 0 Å². The van der Waals surface area contributed by atoms with Crippen molar-refractivity contribution in [2.24, 2.45) is 4.36 Å². The minimum atomic E-state index is -2.56. The number of amides is 1. The number of rotatable bonds is 7. The van der Waals surface area contributed by atoms with Crippen LogP contribution >= 0.6 is 0 Å². The lowest BCUT2D eigenvalue weighted by Gasteiger charge is -2.29. The molecule has 2 aliphatic rings. The Hall–Kier alpha value is -2.51. The number of carbonyl (C=O) groups excluding carboxylic acids is 1. The molecule has 1 N–H and O–H groups in total. The Labute approximate surface area is 191 Å². The molecule has 1 amide bonds. The van der Waals surface area contributed by atoms with Crippen LogP contribution in [0.25, 0.3) is 0 Å². The summed E-state index contributed by atoms with van der Waals surface area (Å²) in [4.78, 5) is 15.2. The number of fused-ring (bicyclic) bond motifs is 1. The number of carbonyl (C=O) groups is 1. The van der Waals surface area contributed by atoms with E-state index in [4.69, 9.17) is 0 Å². The molecule has 1 saturated heterocycles. The molecule has 0 bridgehead atoms. The van der Waals surface area contributed by atoms with Crippen molar-refractivity contribution in [3.63, 3.8) is 0 Å².